The summed E-state index contributed by atoms with van der Waals surface area (Å²) < 4.78 is 6.17. The van der Waals surface area contributed by atoms with Crippen molar-refractivity contribution >= 4 is 0 Å². The van der Waals surface area contributed by atoms with Crippen LogP contribution in [0.1, 0.15) is 47.0 Å². The first-order valence-corrected chi connectivity index (χ1v) is 5.68. The molecule has 1 heteroatoms. The Bertz CT molecular complexity index is 254. The lowest BCUT2D eigenvalue weighted by molar-refractivity contribution is -0.0976. The van der Waals surface area contributed by atoms with Crippen molar-refractivity contribution in [3.8, 4) is 0 Å². The van der Waals surface area contributed by atoms with Gasteiger partial charge in [-0.1, -0.05) is 39.3 Å². The highest BCUT2D eigenvalue weighted by atomic mass is 16.5. The van der Waals surface area contributed by atoms with E-state index >= 15 is 0 Å². The molecule has 2 unspecified atom stereocenters. The molecule has 2 aliphatic rings. The van der Waals surface area contributed by atoms with Crippen molar-refractivity contribution in [3.05, 3.63) is 18.1 Å². The van der Waals surface area contributed by atoms with Gasteiger partial charge in [0.25, 0.3) is 0 Å². The predicted octanol–water partition coefficient (Wildman–Crippen LogP) is 3.50. The second-order valence-electron chi connectivity index (χ2n) is 5.44. The summed E-state index contributed by atoms with van der Waals surface area (Å²) in [6.45, 7) is 9.04. The van der Waals surface area contributed by atoms with Gasteiger partial charge in [-0.25, -0.2) is 0 Å². The molecule has 1 nitrogen and oxygen atoms in total. The van der Waals surface area contributed by atoms with Gasteiger partial charge in [0.15, 0.2) is 0 Å². The molecule has 79 valence electrons. The van der Waals surface area contributed by atoms with E-state index in [1.54, 1.807) is 0 Å². The van der Waals surface area contributed by atoms with Crippen molar-refractivity contribution in [1.29, 1.82) is 0 Å². The van der Waals surface area contributed by atoms with Crippen LogP contribution in [0.15, 0.2) is 12.2 Å². The van der Waals surface area contributed by atoms with Crippen molar-refractivity contribution < 1.29 is 4.74 Å². The van der Waals surface area contributed by atoms with Crippen molar-refractivity contribution in [3.63, 3.8) is 0 Å². The highest BCUT2D eigenvalue weighted by molar-refractivity contribution is 5.29. The molecule has 1 fully saturated rings. The minimum atomic E-state index is -0.0648. The van der Waals surface area contributed by atoms with Gasteiger partial charge >= 0.3 is 0 Å². The zero-order valence-electron chi connectivity index (χ0n) is 9.76. The fraction of sp³-hybridized carbons (Fsp3) is 0.769. The van der Waals surface area contributed by atoms with Gasteiger partial charge in [0, 0.05) is 5.92 Å². The first-order valence-electron chi connectivity index (χ1n) is 5.68. The molecular weight excluding hydrogens is 172 g/mol. The summed E-state index contributed by atoms with van der Waals surface area (Å²) in [7, 11) is 0. The second kappa shape index (κ2) is 3.10. The molecule has 14 heavy (non-hydrogen) atoms. The van der Waals surface area contributed by atoms with Crippen LogP contribution in [-0.4, -0.2) is 11.7 Å². The van der Waals surface area contributed by atoms with Gasteiger partial charge < -0.3 is 4.74 Å². The largest absolute Gasteiger partial charge is 0.363 e. The predicted molar refractivity (Wildman–Crippen MR) is 59.0 cm³/mol. The van der Waals surface area contributed by atoms with Crippen LogP contribution in [0, 0.1) is 11.3 Å². The topological polar surface area (TPSA) is 9.23 Å². The minimum Gasteiger partial charge on any atom is -0.363 e. The third kappa shape index (κ3) is 1.25. The minimum absolute atomic E-state index is 0.0648. The van der Waals surface area contributed by atoms with Gasteiger partial charge in [0.2, 0.25) is 0 Å². The third-order valence-electron chi connectivity index (χ3n) is 3.97. The molecule has 1 saturated carbocycles. The summed E-state index contributed by atoms with van der Waals surface area (Å²) in [6.07, 6.45) is 8.58. The summed E-state index contributed by atoms with van der Waals surface area (Å²) in [5.41, 5.74) is 0.196. The summed E-state index contributed by atoms with van der Waals surface area (Å²) in [5.74, 6) is 1.51. The van der Waals surface area contributed by atoms with Gasteiger partial charge in [-0.2, -0.15) is 0 Å². The molecular formula is C13H21O. The molecule has 2 atom stereocenters. The molecule has 1 heterocycles. The average molecular weight is 193 g/mol. The van der Waals surface area contributed by atoms with E-state index in [0.717, 1.165) is 0 Å². The standard InChI is InChI=1S/C13H21O/c1-10-6-5-8-12(3,4)13(10)9-7-11(2)14-13/h7,9,11H,5-6,8H2,1-4H3. The highest BCUT2D eigenvalue weighted by Gasteiger charge is 2.52. The maximum absolute atomic E-state index is 6.17. The van der Waals surface area contributed by atoms with E-state index in [2.05, 4.69) is 39.8 Å². The fourth-order valence-corrected chi connectivity index (χ4v) is 3.02. The number of rotatable bonds is 0. The third-order valence-corrected chi connectivity index (χ3v) is 3.97. The number of hydrogen-bond acceptors (Lipinski definition) is 1. The summed E-state index contributed by atoms with van der Waals surface area (Å²) in [6, 6.07) is 0. The van der Waals surface area contributed by atoms with Crippen molar-refractivity contribution in [1.82, 2.24) is 0 Å². The summed E-state index contributed by atoms with van der Waals surface area (Å²) in [4.78, 5) is 0. The summed E-state index contributed by atoms with van der Waals surface area (Å²) in [5, 5.41) is 0. The molecule has 0 amide bonds. The van der Waals surface area contributed by atoms with Crippen LogP contribution in [-0.2, 0) is 4.74 Å². The molecule has 2 rings (SSSR count). The van der Waals surface area contributed by atoms with E-state index in [9.17, 15) is 0 Å². The molecule has 1 aliphatic carbocycles. The van der Waals surface area contributed by atoms with Crippen LogP contribution in [0.25, 0.3) is 0 Å². The van der Waals surface area contributed by atoms with Crippen molar-refractivity contribution in [2.24, 2.45) is 5.41 Å². The first-order chi connectivity index (χ1) is 6.48. The molecule has 0 aromatic heterocycles. The maximum Gasteiger partial charge on any atom is 0.0981 e. The highest BCUT2D eigenvalue weighted by Crippen LogP contribution is 2.53. The molecule has 0 bridgehead atoms. The van der Waals surface area contributed by atoms with Gasteiger partial charge in [0.1, 0.15) is 0 Å². The Morgan fingerprint density at radius 3 is 2.64 bits per heavy atom. The normalized spacial score (nSPS) is 42.1. The van der Waals surface area contributed by atoms with E-state index in [-0.39, 0.29) is 17.1 Å². The molecule has 1 radical (unpaired) electrons. The van der Waals surface area contributed by atoms with E-state index in [4.69, 9.17) is 4.74 Å². The fourth-order valence-electron chi connectivity index (χ4n) is 3.02. The van der Waals surface area contributed by atoms with E-state index < -0.39 is 0 Å². The SMILES string of the molecule is C[C]1CCCC(C)(C)C12C=CC(C)O2. The number of hydrogen-bond donors (Lipinski definition) is 0. The Morgan fingerprint density at radius 2 is 2.14 bits per heavy atom. The quantitative estimate of drug-likeness (QED) is 0.535. The Hall–Kier alpha value is -0.300. The average Bonchev–Trinajstić information content (AvgIpc) is 2.46. The molecule has 1 aliphatic heterocycles. The van der Waals surface area contributed by atoms with E-state index in [1.807, 2.05) is 0 Å². The Balaban J connectivity index is 2.33. The molecule has 1 spiro atoms. The van der Waals surface area contributed by atoms with Gasteiger partial charge in [0.05, 0.1) is 11.7 Å². The van der Waals surface area contributed by atoms with Gasteiger partial charge in [-0.3, -0.25) is 0 Å². The lowest BCUT2D eigenvalue weighted by Crippen LogP contribution is -2.51. The van der Waals surface area contributed by atoms with E-state index in [1.165, 1.54) is 25.2 Å². The molecule has 0 saturated heterocycles. The molecule has 0 aromatic rings. The van der Waals surface area contributed by atoms with Crippen molar-refractivity contribution in [2.45, 2.75) is 58.7 Å². The molecule has 0 aromatic carbocycles. The van der Waals surface area contributed by atoms with Crippen LogP contribution in [0.5, 0.6) is 0 Å². The Labute approximate surface area is 87.5 Å². The lowest BCUT2D eigenvalue weighted by Gasteiger charge is -2.50. The maximum atomic E-state index is 6.17. The van der Waals surface area contributed by atoms with Crippen LogP contribution in [0.4, 0.5) is 0 Å². The Morgan fingerprint density at radius 1 is 1.43 bits per heavy atom. The van der Waals surface area contributed by atoms with Crippen LogP contribution in [0.2, 0.25) is 0 Å². The van der Waals surface area contributed by atoms with Crippen molar-refractivity contribution in [2.75, 3.05) is 0 Å². The second-order valence-corrected chi connectivity index (χ2v) is 5.44. The first kappa shape index (κ1) is 10.2. The zero-order valence-corrected chi connectivity index (χ0v) is 9.76. The molecule has 0 N–H and O–H groups in total. The lowest BCUT2D eigenvalue weighted by atomic mass is 9.61. The zero-order chi connectivity index (χ0) is 10.4. The van der Waals surface area contributed by atoms with Crippen LogP contribution < -0.4 is 0 Å². The van der Waals surface area contributed by atoms with Gasteiger partial charge in [-0.05, 0) is 25.2 Å². The summed E-state index contributed by atoms with van der Waals surface area (Å²) >= 11 is 0. The Kier molecular flexibility index (Phi) is 2.26. The monoisotopic (exact) mass is 193 g/mol. The van der Waals surface area contributed by atoms with Crippen LogP contribution in [0.3, 0.4) is 0 Å². The number of ether oxygens (including phenoxy) is 1. The smallest absolute Gasteiger partial charge is 0.0981 e. The van der Waals surface area contributed by atoms with Gasteiger partial charge in [-0.15, -0.1) is 0 Å². The van der Waals surface area contributed by atoms with E-state index in [0.29, 0.717) is 0 Å². The van der Waals surface area contributed by atoms with Crippen LogP contribution >= 0.6 is 0 Å².